The van der Waals surface area contributed by atoms with E-state index in [-0.39, 0.29) is 11.9 Å². The van der Waals surface area contributed by atoms with E-state index in [2.05, 4.69) is 34.3 Å². The van der Waals surface area contributed by atoms with Gasteiger partial charge in [-0.15, -0.1) is 0 Å². The molecule has 28 heavy (non-hydrogen) atoms. The summed E-state index contributed by atoms with van der Waals surface area (Å²) < 4.78 is 5.44. The highest BCUT2D eigenvalue weighted by Gasteiger charge is 2.13. The van der Waals surface area contributed by atoms with Crippen LogP contribution in [0.1, 0.15) is 30.5 Å². The quantitative estimate of drug-likeness (QED) is 0.789. The summed E-state index contributed by atoms with van der Waals surface area (Å²) in [5.41, 5.74) is 3.72. The van der Waals surface area contributed by atoms with Crippen molar-refractivity contribution >= 4 is 12.1 Å². The molecule has 0 aromatic heterocycles. The molecule has 0 aliphatic carbocycles. The standard InChI is InChI=1S/C24H24N2O2/c1-3-28-23-12-10-20(11-13-23)5-4-19-6-8-21(9-7-19)16-18(2)26-24(27)22-14-15-25-17-22/h6-14,17-18H,3,15-16H2,1-2H3,(H,26,27). The van der Waals surface area contributed by atoms with Gasteiger partial charge >= 0.3 is 0 Å². The van der Waals surface area contributed by atoms with Crippen molar-refractivity contribution in [2.75, 3.05) is 13.2 Å². The third-order valence-electron chi connectivity index (χ3n) is 4.30. The SMILES string of the molecule is CCOc1ccc(C#Cc2ccc(CC(C)NC(=O)C3=CCN=C3)cc2)cc1. The van der Waals surface area contributed by atoms with Crippen LogP contribution in [0.15, 0.2) is 65.2 Å². The molecule has 1 aliphatic heterocycles. The topological polar surface area (TPSA) is 50.7 Å². The number of aliphatic imine (C=N–C) groups is 1. The highest BCUT2D eigenvalue weighted by molar-refractivity contribution is 6.13. The Labute approximate surface area is 166 Å². The van der Waals surface area contributed by atoms with Crippen molar-refractivity contribution in [3.05, 3.63) is 76.9 Å². The van der Waals surface area contributed by atoms with Gasteiger partial charge in [-0.25, -0.2) is 0 Å². The van der Waals surface area contributed by atoms with Gasteiger partial charge in [0.2, 0.25) is 0 Å². The number of nitrogens with zero attached hydrogens (tertiary/aromatic N) is 1. The largest absolute Gasteiger partial charge is 0.494 e. The van der Waals surface area contributed by atoms with Gasteiger partial charge in [0.05, 0.1) is 18.7 Å². The lowest BCUT2D eigenvalue weighted by Gasteiger charge is -2.13. The first-order valence-electron chi connectivity index (χ1n) is 9.48. The smallest absolute Gasteiger partial charge is 0.252 e. The minimum Gasteiger partial charge on any atom is -0.494 e. The first-order valence-corrected chi connectivity index (χ1v) is 9.48. The molecule has 142 valence electrons. The van der Waals surface area contributed by atoms with Crippen molar-refractivity contribution in [1.82, 2.24) is 5.32 Å². The molecule has 0 radical (unpaired) electrons. The maximum atomic E-state index is 12.1. The molecule has 0 saturated heterocycles. The number of amides is 1. The molecule has 2 aromatic rings. The van der Waals surface area contributed by atoms with Gasteiger partial charge in [-0.2, -0.15) is 0 Å². The van der Waals surface area contributed by atoms with E-state index in [1.54, 1.807) is 6.21 Å². The van der Waals surface area contributed by atoms with Crippen LogP contribution in [0.3, 0.4) is 0 Å². The predicted octanol–water partition coefficient (Wildman–Crippen LogP) is 3.54. The second-order valence-electron chi connectivity index (χ2n) is 6.64. The number of benzene rings is 2. The molecular weight excluding hydrogens is 348 g/mol. The molecule has 4 heteroatoms. The van der Waals surface area contributed by atoms with E-state index in [0.29, 0.717) is 18.7 Å². The van der Waals surface area contributed by atoms with Crippen molar-refractivity contribution in [2.45, 2.75) is 26.3 Å². The maximum Gasteiger partial charge on any atom is 0.252 e. The van der Waals surface area contributed by atoms with Crippen LogP contribution in [-0.2, 0) is 11.2 Å². The summed E-state index contributed by atoms with van der Waals surface area (Å²) in [6.07, 6.45) is 4.22. The molecular formula is C24H24N2O2. The Balaban J connectivity index is 1.54. The van der Waals surface area contributed by atoms with Crippen LogP contribution in [0.5, 0.6) is 5.75 Å². The number of hydrogen-bond donors (Lipinski definition) is 1. The molecule has 1 unspecified atom stereocenters. The summed E-state index contributed by atoms with van der Waals surface area (Å²) in [4.78, 5) is 16.1. The summed E-state index contributed by atoms with van der Waals surface area (Å²) in [5.74, 6) is 7.14. The van der Waals surface area contributed by atoms with Gasteiger partial charge in [0.25, 0.3) is 5.91 Å². The zero-order valence-corrected chi connectivity index (χ0v) is 16.2. The molecule has 0 bridgehead atoms. The van der Waals surface area contributed by atoms with E-state index >= 15 is 0 Å². The Hall–Kier alpha value is -3.32. The van der Waals surface area contributed by atoms with Gasteiger partial charge in [0, 0.05) is 23.4 Å². The van der Waals surface area contributed by atoms with E-state index in [9.17, 15) is 4.79 Å². The highest BCUT2D eigenvalue weighted by Crippen LogP contribution is 2.12. The molecule has 3 rings (SSSR count). The van der Waals surface area contributed by atoms with Gasteiger partial charge in [-0.05, 0) is 68.3 Å². The summed E-state index contributed by atoms with van der Waals surface area (Å²) in [6.45, 7) is 5.22. The number of nitrogens with one attached hydrogen (secondary N) is 1. The lowest BCUT2D eigenvalue weighted by Crippen LogP contribution is -2.35. The Morgan fingerprint density at radius 1 is 1.11 bits per heavy atom. The first-order chi connectivity index (χ1) is 13.6. The molecule has 1 amide bonds. The molecule has 1 aliphatic rings. The van der Waals surface area contributed by atoms with Gasteiger partial charge in [0.15, 0.2) is 0 Å². The van der Waals surface area contributed by atoms with Crippen LogP contribution in [0.4, 0.5) is 0 Å². The molecule has 1 atom stereocenters. The van der Waals surface area contributed by atoms with Crippen LogP contribution < -0.4 is 10.1 Å². The number of hydrogen-bond acceptors (Lipinski definition) is 3. The zero-order chi connectivity index (χ0) is 19.8. The Kier molecular flexibility index (Phi) is 6.64. The molecule has 2 aromatic carbocycles. The molecule has 0 saturated carbocycles. The van der Waals surface area contributed by atoms with E-state index < -0.39 is 0 Å². The van der Waals surface area contributed by atoms with E-state index in [0.717, 1.165) is 28.9 Å². The highest BCUT2D eigenvalue weighted by atomic mass is 16.5. The van der Waals surface area contributed by atoms with Gasteiger partial charge in [-0.1, -0.05) is 24.0 Å². The van der Waals surface area contributed by atoms with Gasteiger partial charge in [0.1, 0.15) is 5.75 Å². The zero-order valence-electron chi connectivity index (χ0n) is 16.2. The van der Waals surface area contributed by atoms with Crippen LogP contribution in [0, 0.1) is 11.8 Å². The molecule has 0 fully saturated rings. The number of carbonyl (C=O) groups excluding carboxylic acids is 1. The van der Waals surface area contributed by atoms with Crippen LogP contribution in [0.2, 0.25) is 0 Å². The monoisotopic (exact) mass is 372 g/mol. The van der Waals surface area contributed by atoms with Gasteiger partial charge in [-0.3, -0.25) is 9.79 Å². The third kappa shape index (κ3) is 5.59. The Bertz CT molecular complexity index is 929. The van der Waals surface area contributed by atoms with Crippen molar-refractivity contribution in [3.63, 3.8) is 0 Å². The van der Waals surface area contributed by atoms with E-state index in [4.69, 9.17) is 4.74 Å². The summed E-state index contributed by atoms with van der Waals surface area (Å²) in [6, 6.07) is 16.0. The molecule has 1 heterocycles. The molecule has 1 N–H and O–H groups in total. The number of rotatable bonds is 6. The van der Waals surface area contributed by atoms with Gasteiger partial charge < -0.3 is 10.1 Å². The second-order valence-corrected chi connectivity index (χ2v) is 6.64. The van der Waals surface area contributed by atoms with Crippen molar-refractivity contribution in [1.29, 1.82) is 0 Å². The van der Waals surface area contributed by atoms with Crippen LogP contribution in [0.25, 0.3) is 0 Å². The van der Waals surface area contributed by atoms with Crippen molar-refractivity contribution in [3.8, 4) is 17.6 Å². The predicted molar refractivity (Wildman–Crippen MR) is 113 cm³/mol. The summed E-state index contributed by atoms with van der Waals surface area (Å²) in [7, 11) is 0. The maximum absolute atomic E-state index is 12.1. The minimum atomic E-state index is -0.0633. The molecule has 4 nitrogen and oxygen atoms in total. The Morgan fingerprint density at radius 2 is 1.75 bits per heavy atom. The lowest BCUT2D eigenvalue weighted by molar-refractivity contribution is -0.117. The normalized spacial score (nSPS) is 13.3. The third-order valence-corrected chi connectivity index (χ3v) is 4.30. The van der Waals surface area contributed by atoms with E-state index in [1.165, 1.54) is 0 Å². The summed E-state index contributed by atoms with van der Waals surface area (Å²) in [5, 5.41) is 3.01. The van der Waals surface area contributed by atoms with Crippen LogP contribution >= 0.6 is 0 Å². The van der Waals surface area contributed by atoms with E-state index in [1.807, 2.05) is 56.3 Å². The fraction of sp³-hybridized carbons (Fsp3) is 0.250. The van der Waals surface area contributed by atoms with Crippen molar-refractivity contribution in [2.24, 2.45) is 4.99 Å². The van der Waals surface area contributed by atoms with Crippen LogP contribution in [-0.4, -0.2) is 31.3 Å². The first kappa shape index (κ1) is 19.4. The average Bonchev–Trinajstić information content (AvgIpc) is 3.24. The fourth-order valence-electron chi connectivity index (χ4n) is 2.89. The minimum absolute atomic E-state index is 0.0446. The van der Waals surface area contributed by atoms with Crippen molar-refractivity contribution < 1.29 is 9.53 Å². The number of carbonyl (C=O) groups is 1. The second kappa shape index (κ2) is 9.57. The average molecular weight is 372 g/mol. The lowest BCUT2D eigenvalue weighted by atomic mass is 10.0. The summed E-state index contributed by atoms with van der Waals surface area (Å²) >= 11 is 0. The fourth-order valence-corrected chi connectivity index (χ4v) is 2.89. The molecule has 0 spiro atoms. The Morgan fingerprint density at radius 3 is 2.32 bits per heavy atom. The number of ether oxygens (including phenoxy) is 1.